The third-order valence-electron chi connectivity index (χ3n) is 9.90. The number of hydrogen-bond acceptors (Lipinski definition) is 7. The first-order valence-electron chi connectivity index (χ1n) is 12.7. The van der Waals surface area contributed by atoms with Crippen LogP contribution in [-0.2, 0) is 19.2 Å². The maximum Gasteiger partial charge on any atom is 0.327 e. The highest BCUT2D eigenvalue weighted by Crippen LogP contribution is 2.67. The van der Waals surface area contributed by atoms with Crippen molar-refractivity contribution in [3.05, 3.63) is 11.6 Å². The van der Waals surface area contributed by atoms with Crippen LogP contribution in [0.25, 0.3) is 0 Å². The van der Waals surface area contributed by atoms with E-state index in [1.807, 2.05) is 0 Å². The van der Waals surface area contributed by atoms with Crippen molar-refractivity contribution in [2.45, 2.75) is 83.8 Å². The summed E-state index contributed by atoms with van der Waals surface area (Å²) in [7, 11) is 0. The van der Waals surface area contributed by atoms with Gasteiger partial charge in [0.25, 0.3) is 5.91 Å². The number of carboxylic acids is 1. The lowest BCUT2D eigenvalue weighted by molar-refractivity contribution is -0.159. The number of hydrogen-bond donors (Lipinski definition) is 4. The number of Topliss-reactive ketones (excluding diaryl/α,β-unsaturated/α-hetero) is 1. The summed E-state index contributed by atoms with van der Waals surface area (Å²) in [6.07, 6.45) is 9.23. The number of allylic oxidation sites excluding steroid dienone is 2. The van der Waals surface area contributed by atoms with Crippen molar-refractivity contribution < 1.29 is 29.4 Å². The first kappa shape index (κ1) is 26.2. The fourth-order valence-electron chi connectivity index (χ4n) is 7.83. The van der Waals surface area contributed by atoms with Gasteiger partial charge in [0.2, 0.25) is 0 Å². The van der Waals surface area contributed by atoms with E-state index in [1.54, 1.807) is 6.92 Å². The maximum atomic E-state index is 12.4. The fraction of sp³-hybridized carbons (Fsp3) is 0.769. The van der Waals surface area contributed by atoms with Crippen molar-refractivity contribution in [1.82, 2.24) is 5.32 Å². The number of oxime groups is 1. The molecule has 1 amide bonds. The number of thiol groups is 1. The average Bonchev–Trinajstić information content (AvgIpc) is 3.09. The first-order chi connectivity index (χ1) is 16.5. The number of carbonyl (C=O) groups is 3. The van der Waals surface area contributed by atoms with E-state index >= 15 is 0 Å². The Morgan fingerprint density at radius 2 is 1.89 bits per heavy atom. The molecule has 4 unspecified atom stereocenters. The minimum absolute atomic E-state index is 0.00349. The van der Waals surface area contributed by atoms with Crippen LogP contribution < -0.4 is 5.32 Å². The number of amides is 1. The van der Waals surface area contributed by atoms with Gasteiger partial charge in [-0.05, 0) is 87.5 Å². The van der Waals surface area contributed by atoms with Gasteiger partial charge >= 0.3 is 5.97 Å². The molecular formula is C26H38N2O6S. The zero-order valence-corrected chi connectivity index (χ0v) is 21.8. The monoisotopic (exact) mass is 506 g/mol. The Morgan fingerprint density at radius 1 is 1.17 bits per heavy atom. The summed E-state index contributed by atoms with van der Waals surface area (Å²) in [5, 5.41) is 26.8. The molecule has 9 heteroatoms. The van der Waals surface area contributed by atoms with E-state index in [0.717, 1.165) is 50.7 Å². The normalized spacial score (nSPS) is 40.1. The van der Waals surface area contributed by atoms with Crippen molar-refractivity contribution in [2.75, 3.05) is 12.4 Å². The molecule has 3 N–H and O–H groups in total. The molecule has 3 fully saturated rings. The quantitative estimate of drug-likeness (QED) is 0.311. The van der Waals surface area contributed by atoms with Crippen LogP contribution in [0.5, 0.6) is 0 Å². The molecule has 4 rings (SSSR count). The summed E-state index contributed by atoms with van der Waals surface area (Å²) >= 11 is 3.93. The summed E-state index contributed by atoms with van der Waals surface area (Å²) in [6, 6.07) is -1.06. The van der Waals surface area contributed by atoms with Gasteiger partial charge in [0, 0.05) is 11.2 Å². The van der Waals surface area contributed by atoms with Crippen LogP contribution in [0.3, 0.4) is 0 Å². The number of ketones is 1. The van der Waals surface area contributed by atoms with E-state index in [2.05, 4.69) is 43.0 Å². The minimum atomic E-state index is -1.19. The smallest absolute Gasteiger partial charge is 0.327 e. The Hall–Kier alpha value is -1.87. The van der Waals surface area contributed by atoms with Gasteiger partial charge in [-0.2, -0.15) is 12.6 Å². The maximum absolute atomic E-state index is 12.4. The minimum Gasteiger partial charge on any atom is -0.480 e. The van der Waals surface area contributed by atoms with Crippen LogP contribution in [0.2, 0.25) is 0 Å². The largest absolute Gasteiger partial charge is 0.480 e. The number of aliphatic carboxylic acids is 1. The molecule has 0 spiro atoms. The van der Waals surface area contributed by atoms with E-state index in [0.29, 0.717) is 24.2 Å². The summed E-state index contributed by atoms with van der Waals surface area (Å²) in [5.74, 6) is -0.363. The van der Waals surface area contributed by atoms with Crippen molar-refractivity contribution in [3.8, 4) is 0 Å². The second-order valence-corrected chi connectivity index (χ2v) is 11.8. The van der Waals surface area contributed by atoms with E-state index in [-0.39, 0.29) is 29.0 Å². The van der Waals surface area contributed by atoms with Gasteiger partial charge in [-0.3, -0.25) is 9.59 Å². The number of carboxylic acid groups (broad SMARTS) is 1. The molecule has 0 aromatic heterocycles. The summed E-state index contributed by atoms with van der Waals surface area (Å²) in [6.45, 7) is 5.70. The van der Waals surface area contributed by atoms with E-state index < -0.39 is 23.5 Å². The number of rotatable bonds is 7. The first-order valence-corrected chi connectivity index (χ1v) is 13.4. The Morgan fingerprint density at radius 3 is 2.54 bits per heavy atom. The molecule has 7 atom stereocenters. The van der Waals surface area contributed by atoms with Gasteiger partial charge < -0.3 is 20.4 Å². The van der Waals surface area contributed by atoms with Gasteiger partial charge in [-0.1, -0.05) is 24.6 Å². The fourth-order valence-corrected chi connectivity index (χ4v) is 8.08. The number of nitrogens with zero attached hydrogens (tertiary/aromatic N) is 1. The number of carbonyl (C=O) groups excluding carboxylic acids is 2. The van der Waals surface area contributed by atoms with Gasteiger partial charge in [0.05, 0.1) is 5.71 Å². The van der Waals surface area contributed by atoms with E-state index in [1.165, 1.54) is 5.57 Å². The molecule has 8 nitrogen and oxygen atoms in total. The van der Waals surface area contributed by atoms with Crippen LogP contribution in [0, 0.1) is 28.6 Å². The molecule has 0 heterocycles. The zero-order valence-electron chi connectivity index (χ0n) is 20.9. The van der Waals surface area contributed by atoms with Crippen molar-refractivity contribution in [2.24, 2.45) is 33.7 Å². The molecule has 35 heavy (non-hydrogen) atoms. The van der Waals surface area contributed by atoms with Crippen molar-refractivity contribution in [3.63, 3.8) is 0 Å². The lowest BCUT2D eigenvalue weighted by atomic mass is 9.46. The predicted molar refractivity (Wildman–Crippen MR) is 134 cm³/mol. The SMILES string of the molecule is CC(=O)[C@@]1(O)CCC2C3CCC4=C/C(=N/OCC(=O)NC(CS)C(=O)O)CC[C@]4(C)C3CC[C@@]21C. The van der Waals surface area contributed by atoms with Gasteiger partial charge in [0.15, 0.2) is 12.4 Å². The van der Waals surface area contributed by atoms with E-state index in [4.69, 9.17) is 9.94 Å². The molecular weight excluding hydrogens is 468 g/mol. The molecule has 3 saturated carbocycles. The summed E-state index contributed by atoms with van der Waals surface area (Å²) < 4.78 is 0. The summed E-state index contributed by atoms with van der Waals surface area (Å²) in [5.41, 5.74) is 0.729. The average molecular weight is 507 g/mol. The molecule has 0 aromatic rings. The molecule has 0 bridgehead atoms. The Labute approximate surface area is 212 Å². The Kier molecular flexibility index (Phi) is 7.14. The van der Waals surface area contributed by atoms with Crippen molar-refractivity contribution >= 4 is 36.0 Å². The lowest BCUT2D eigenvalue weighted by Crippen LogP contribution is -2.57. The van der Waals surface area contributed by atoms with Crippen LogP contribution in [0.1, 0.15) is 72.1 Å². The standard InChI is InChI=1S/C26H38N2O6S/c1-15(29)26(33)11-8-20-18-5-4-16-12-17(28-34-13-22(30)27-21(14-35)23(31)32)6-9-24(16,2)19(18)7-10-25(20,26)3/h12,18-21,33,35H,4-11,13-14H2,1-3H3,(H,27,30)(H,31,32)/b28-17+/t18?,19?,20?,21?,24-,25-,26-/m0/s1. The Bertz CT molecular complexity index is 965. The molecule has 0 saturated heterocycles. The number of fused-ring (bicyclic) bond motifs is 5. The van der Waals surface area contributed by atoms with Gasteiger partial charge in [-0.15, -0.1) is 0 Å². The lowest BCUT2D eigenvalue weighted by Gasteiger charge is -2.59. The molecule has 194 valence electrons. The van der Waals surface area contributed by atoms with Gasteiger partial charge in [0.1, 0.15) is 11.6 Å². The molecule has 0 aliphatic heterocycles. The topological polar surface area (TPSA) is 125 Å². The molecule has 0 aromatic carbocycles. The molecule has 0 radical (unpaired) electrons. The molecule has 4 aliphatic carbocycles. The third kappa shape index (κ3) is 4.32. The highest BCUT2D eigenvalue weighted by molar-refractivity contribution is 7.80. The summed E-state index contributed by atoms with van der Waals surface area (Å²) in [4.78, 5) is 40.6. The number of nitrogens with one attached hydrogen (secondary N) is 1. The van der Waals surface area contributed by atoms with Crippen LogP contribution in [0.4, 0.5) is 0 Å². The molecule has 4 aliphatic rings. The third-order valence-corrected chi connectivity index (χ3v) is 10.3. The number of aliphatic hydroxyl groups is 1. The highest BCUT2D eigenvalue weighted by Gasteiger charge is 2.65. The second-order valence-electron chi connectivity index (χ2n) is 11.4. The Balaban J connectivity index is 1.43. The van der Waals surface area contributed by atoms with Crippen LogP contribution in [0.15, 0.2) is 16.8 Å². The van der Waals surface area contributed by atoms with Crippen molar-refractivity contribution in [1.29, 1.82) is 0 Å². The highest BCUT2D eigenvalue weighted by atomic mass is 32.1. The van der Waals surface area contributed by atoms with Crippen LogP contribution in [-0.4, -0.2) is 57.6 Å². The van der Waals surface area contributed by atoms with Gasteiger partial charge in [-0.25, -0.2) is 4.79 Å². The van der Waals surface area contributed by atoms with E-state index in [9.17, 15) is 19.5 Å². The van der Waals surface area contributed by atoms with Crippen LogP contribution >= 0.6 is 12.6 Å². The predicted octanol–water partition coefficient (Wildman–Crippen LogP) is 3.14. The second kappa shape index (κ2) is 9.54. The zero-order chi connectivity index (χ0) is 25.6.